The van der Waals surface area contributed by atoms with Crippen molar-refractivity contribution < 1.29 is 14.3 Å². The smallest absolute Gasteiger partial charge is 0.253 e. The van der Waals surface area contributed by atoms with Crippen LogP contribution in [0.2, 0.25) is 5.02 Å². The van der Waals surface area contributed by atoms with Gasteiger partial charge in [0.05, 0.1) is 12.2 Å². The molecule has 110 valence electrons. The Labute approximate surface area is 131 Å². The molecule has 0 aliphatic carbocycles. The van der Waals surface area contributed by atoms with E-state index in [0.717, 1.165) is 0 Å². The maximum atomic E-state index is 12.1. The van der Waals surface area contributed by atoms with E-state index in [2.05, 4.69) is 26.6 Å². The van der Waals surface area contributed by atoms with E-state index in [1.807, 2.05) is 0 Å². The number of rotatable bonds is 6. The predicted molar refractivity (Wildman–Crippen MR) is 81.0 cm³/mol. The van der Waals surface area contributed by atoms with Crippen molar-refractivity contribution in [3.63, 3.8) is 0 Å². The van der Waals surface area contributed by atoms with Crippen LogP contribution in [-0.2, 0) is 9.53 Å². The van der Waals surface area contributed by atoms with Crippen LogP contribution < -0.4 is 10.6 Å². The largest absolute Gasteiger partial charge is 0.383 e. The molecule has 1 atom stereocenters. The molecule has 0 aliphatic rings. The molecule has 1 aromatic carbocycles. The lowest BCUT2D eigenvalue weighted by Crippen LogP contribution is -2.45. The summed E-state index contributed by atoms with van der Waals surface area (Å²) < 4.78 is 5.45. The molecule has 0 heterocycles. The van der Waals surface area contributed by atoms with Gasteiger partial charge in [0.1, 0.15) is 6.04 Å². The molecule has 1 unspecified atom stereocenters. The number of ether oxygens (including phenoxy) is 1. The number of halogens is 2. The highest BCUT2D eigenvalue weighted by Crippen LogP contribution is 2.21. The second-order valence-corrected chi connectivity index (χ2v) is 5.39. The summed E-state index contributed by atoms with van der Waals surface area (Å²) in [6, 6.07) is 4.24. The van der Waals surface area contributed by atoms with E-state index >= 15 is 0 Å². The second-order valence-electron chi connectivity index (χ2n) is 4.10. The Hall–Kier alpha value is -1.11. The Morgan fingerprint density at radius 3 is 2.80 bits per heavy atom. The van der Waals surface area contributed by atoms with Gasteiger partial charge in [-0.1, -0.05) is 11.6 Å². The summed E-state index contributed by atoms with van der Waals surface area (Å²) in [5, 5.41) is 5.71. The lowest BCUT2D eigenvalue weighted by molar-refractivity contribution is -0.122. The highest BCUT2D eigenvalue weighted by Gasteiger charge is 2.18. The summed E-state index contributed by atoms with van der Waals surface area (Å²) >= 11 is 9.12. The quantitative estimate of drug-likeness (QED) is 0.760. The first-order valence-electron chi connectivity index (χ1n) is 5.98. The highest BCUT2D eigenvalue weighted by atomic mass is 79.9. The van der Waals surface area contributed by atoms with Crippen LogP contribution in [0, 0.1) is 0 Å². The number of amides is 2. The molecule has 0 aromatic heterocycles. The molecule has 0 saturated carbocycles. The van der Waals surface area contributed by atoms with E-state index in [9.17, 15) is 9.59 Å². The molecule has 0 saturated heterocycles. The highest BCUT2D eigenvalue weighted by molar-refractivity contribution is 9.10. The molecule has 5 nitrogen and oxygen atoms in total. The molecule has 0 spiro atoms. The third kappa shape index (κ3) is 5.11. The van der Waals surface area contributed by atoms with Crippen molar-refractivity contribution in [3.05, 3.63) is 33.3 Å². The maximum absolute atomic E-state index is 12.1. The third-order valence-electron chi connectivity index (χ3n) is 2.52. The molecular formula is C13H16BrClN2O3. The summed E-state index contributed by atoms with van der Waals surface area (Å²) in [7, 11) is 1.55. The van der Waals surface area contributed by atoms with Gasteiger partial charge in [-0.05, 0) is 41.1 Å². The molecule has 2 amide bonds. The van der Waals surface area contributed by atoms with Crippen molar-refractivity contribution in [1.82, 2.24) is 10.6 Å². The molecule has 0 radical (unpaired) electrons. The van der Waals surface area contributed by atoms with E-state index in [0.29, 0.717) is 28.2 Å². The maximum Gasteiger partial charge on any atom is 0.253 e. The standard InChI is InChI=1S/C13H16BrClN2O3/c1-8(12(18)16-5-6-20-2)17-13(19)10-7-9(15)3-4-11(10)14/h3-4,7-8H,5-6H2,1-2H3,(H,16,18)(H,17,19). The Kier molecular flexibility index (Phi) is 6.98. The van der Waals surface area contributed by atoms with Gasteiger partial charge in [-0.25, -0.2) is 0 Å². The fraction of sp³-hybridized carbons (Fsp3) is 0.385. The number of carbonyl (C=O) groups is 2. The Morgan fingerprint density at radius 1 is 1.45 bits per heavy atom. The van der Waals surface area contributed by atoms with Crippen molar-refractivity contribution in [2.45, 2.75) is 13.0 Å². The second kappa shape index (κ2) is 8.24. The van der Waals surface area contributed by atoms with E-state index in [-0.39, 0.29) is 11.8 Å². The molecule has 1 aromatic rings. The monoisotopic (exact) mass is 362 g/mol. The van der Waals surface area contributed by atoms with Crippen LogP contribution in [-0.4, -0.2) is 38.1 Å². The fourth-order valence-electron chi connectivity index (χ4n) is 1.44. The first-order valence-corrected chi connectivity index (χ1v) is 7.15. The number of carbonyl (C=O) groups excluding carboxylic acids is 2. The topological polar surface area (TPSA) is 67.4 Å². The minimum atomic E-state index is -0.648. The Morgan fingerprint density at radius 2 is 2.15 bits per heavy atom. The van der Waals surface area contributed by atoms with Crippen molar-refractivity contribution in [1.29, 1.82) is 0 Å². The average molecular weight is 364 g/mol. The number of hydrogen-bond donors (Lipinski definition) is 2. The fourth-order valence-corrected chi connectivity index (χ4v) is 2.04. The molecule has 20 heavy (non-hydrogen) atoms. The van der Waals surface area contributed by atoms with Crippen LogP contribution >= 0.6 is 27.5 Å². The number of nitrogens with one attached hydrogen (secondary N) is 2. The Balaban J connectivity index is 2.61. The van der Waals surface area contributed by atoms with Crippen LogP contribution in [0.15, 0.2) is 22.7 Å². The molecule has 1 rings (SSSR count). The van der Waals surface area contributed by atoms with Crippen LogP contribution in [0.25, 0.3) is 0 Å². The molecule has 0 aliphatic heterocycles. The van der Waals surface area contributed by atoms with Gasteiger partial charge in [-0.3, -0.25) is 9.59 Å². The van der Waals surface area contributed by atoms with Crippen molar-refractivity contribution in [2.75, 3.05) is 20.3 Å². The van der Waals surface area contributed by atoms with E-state index < -0.39 is 6.04 Å². The normalized spacial score (nSPS) is 11.8. The number of methoxy groups -OCH3 is 1. The molecule has 7 heteroatoms. The van der Waals surface area contributed by atoms with Gasteiger partial charge in [0.15, 0.2) is 0 Å². The molecule has 0 bridgehead atoms. The third-order valence-corrected chi connectivity index (χ3v) is 3.45. The first-order chi connectivity index (χ1) is 9.45. The van der Waals surface area contributed by atoms with E-state index in [1.54, 1.807) is 26.2 Å². The van der Waals surface area contributed by atoms with Crippen LogP contribution in [0.3, 0.4) is 0 Å². The van der Waals surface area contributed by atoms with Gasteiger partial charge < -0.3 is 15.4 Å². The lowest BCUT2D eigenvalue weighted by atomic mass is 10.2. The number of hydrogen-bond acceptors (Lipinski definition) is 3. The van der Waals surface area contributed by atoms with Gasteiger partial charge in [-0.15, -0.1) is 0 Å². The molecular weight excluding hydrogens is 348 g/mol. The van der Waals surface area contributed by atoms with E-state index in [1.165, 1.54) is 6.07 Å². The minimum Gasteiger partial charge on any atom is -0.383 e. The SMILES string of the molecule is COCCNC(=O)C(C)NC(=O)c1cc(Cl)ccc1Br. The zero-order valence-electron chi connectivity index (χ0n) is 11.2. The van der Waals surface area contributed by atoms with E-state index in [4.69, 9.17) is 16.3 Å². The minimum absolute atomic E-state index is 0.270. The van der Waals surface area contributed by atoms with Gasteiger partial charge in [0.2, 0.25) is 5.91 Å². The van der Waals surface area contributed by atoms with Crippen molar-refractivity contribution in [3.8, 4) is 0 Å². The summed E-state index contributed by atoms with van der Waals surface area (Å²) in [4.78, 5) is 23.8. The summed E-state index contributed by atoms with van der Waals surface area (Å²) in [5.41, 5.74) is 0.383. The lowest BCUT2D eigenvalue weighted by Gasteiger charge is -2.14. The van der Waals surface area contributed by atoms with Crippen LogP contribution in [0.5, 0.6) is 0 Å². The van der Waals surface area contributed by atoms with Gasteiger partial charge >= 0.3 is 0 Å². The van der Waals surface area contributed by atoms with Gasteiger partial charge in [0.25, 0.3) is 5.91 Å². The van der Waals surface area contributed by atoms with Crippen molar-refractivity contribution in [2.24, 2.45) is 0 Å². The first kappa shape index (κ1) is 16.9. The van der Waals surface area contributed by atoms with Crippen LogP contribution in [0.1, 0.15) is 17.3 Å². The van der Waals surface area contributed by atoms with Crippen molar-refractivity contribution >= 4 is 39.3 Å². The van der Waals surface area contributed by atoms with Gasteiger partial charge in [-0.2, -0.15) is 0 Å². The van der Waals surface area contributed by atoms with Gasteiger partial charge in [0, 0.05) is 23.1 Å². The molecule has 2 N–H and O–H groups in total. The Bertz CT molecular complexity index is 497. The summed E-state index contributed by atoms with van der Waals surface area (Å²) in [6.07, 6.45) is 0. The van der Waals surface area contributed by atoms with Crippen LogP contribution in [0.4, 0.5) is 0 Å². The predicted octanol–water partition coefficient (Wildman–Crippen LogP) is 1.98. The summed E-state index contributed by atoms with van der Waals surface area (Å²) in [6.45, 7) is 2.43. The number of benzene rings is 1. The molecule has 0 fully saturated rings. The zero-order chi connectivity index (χ0) is 15.1. The summed E-state index contributed by atoms with van der Waals surface area (Å²) in [5.74, 6) is -0.637. The zero-order valence-corrected chi connectivity index (χ0v) is 13.5. The average Bonchev–Trinajstić information content (AvgIpc) is 2.41.